The molecule has 0 aliphatic heterocycles. The van der Waals surface area contributed by atoms with Crippen molar-refractivity contribution in [1.82, 2.24) is 0 Å². The Hall–Kier alpha value is -4.65. The van der Waals surface area contributed by atoms with Crippen molar-refractivity contribution in [3.8, 4) is 45.3 Å². The third-order valence-electron chi connectivity index (χ3n) is 5.97. The van der Waals surface area contributed by atoms with Crippen LogP contribution in [0.2, 0.25) is 0 Å². The Bertz CT molecular complexity index is 1430. The largest absolute Gasteiger partial charge is 0.493 e. The molecule has 0 unspecified atom stereocenters. The van der Waals surface area contributed by atoms with E-state index < -0.39 is 11.9 Å². The van der Waals surface area contributed by atoms with Gasteiger partial charge in [0.15, 0.2) is 0 Å². The summed E-state index contributed by atoms with van der Waals surface area (Å²) in [6.45, 7) is 16.5. The van der Waals surface area contributed by atoms with Gasteiger partial charge in [0.05, 0.1) is 12.5 Å². The zero-order chi connectivity index (χ0) is 30.1. The van der Waals surface area contributed by atoms with E-state index in [0.29, 0.717) is 51.9 Å². The summed E-state index contributed by atoms with van der Waals surface area (Å²) in [6, 6.07) is 17.5. The highest BCUT2D eigenvalue weighted by atomic mass is 16.5. The van der Waals surface area contributed by atoms with Gasteiger partial charge in [-0.05, 0) is 67.8 Å². The summed E-state index contributed by atoms with van der Waals surface area (Å²) in [5.74, 6) is -0.0523. The molecule has 214 valence electrons. The lowest BCUT2D eigenvalue weighted by Crippen LogP contribution is -2.15. The number of unbranched alkanes of at least 4 members (excludes halogenated alkanes) is 1. The standard InChI is InChI=1S/C34H36O7/c1-8-9-18-38-30-19-29(25-12-16-27(17-13-25)40-33(36)22(4)5)31(41-34(37)23(6)7)20-28(30)24-10-14-26(15-11-24)39-32(35)21(2)3/h10-17,19-20,23H,2,4,8-9,18H2,1,3,5-7H3. The van der Waals surface area contributed by atoms with Crippen molar-refractivity contribution < 1.29 is 33.3 Å². The van der Waals surface area contributed by atoms with E-state index in [1.165, 1.54) is 0 Å². The molecule has 0 aliphatic rings. The van der Waals surface area contributed by atoms with Crippen molar-refractivity contribution in [3.63, 3.8) is 0 Å². The normalized spacial score (nSPS) is 10.6. The molecule has 0 saturated carbocycles. The van der Waals surface area contributed by atoms with Gasteiger partial charge in [-0.1, -0.05) is 64.6 Å². The SMILES string of the molecule is C=C(C)C(=O)Oc1ccc(-c2cc(OC(=O)C(C)C)c(-c3ccc(OC(=O)C(=C)C)cc3)cc2OCCCC)cc1. The second-order valence-electron chi connectivity index (χ2n) is 10.0. The average Bonchev–Trinajstić information content (AvgIpc) is 2.94. The van der Waals surface area contributed by atoms with Gasteiger partial charge >= 0.3 is 17.9 Å². The minimum Gasteiger partial charge on any atom is -0.493 e. The van der Waals surface area contributed by atoms with Crippen LogP contribution in [0.1, 0.15) is 47.5 Å². The number of rotatable bonds is 12. The molecule has 0 aromatic heterocycles. The van der Waals surface area contributed by atoms with Gasteiger partial charge < -0.3 is 18.9 Å². The van der Waals surface area contributed by atoms with Crippen LogP contribution in [0, 0.1) is 5.92 Å². The minimum absolute atomic E-state index is 0.295. The maximum absolute atomic E-state index is 12.7. The van der Waals surface area contributed by atoms with Crippen LogP contribution < -0.4 is 18.9 Å². The van der Waals surface area contributed by atoms with Crippen molar-refractivity contribution in [2.45, 2.75) is 47.5 Å². The molecule has 0 N–H and O–H groups in total. The number of benzene rings is 3. The predicted molar refractivity (Wildman–Crippen MR) is 159 cm³/mol. The van der Waals surface area contributed by atoms with Gasteiger partial charge in [-0.25, -0.2) is 9.59 Å². The van der Waals surface area contributed by atoms with Gasteiger partial charge in [-0.3, -0.25) is 4.79 Å². The molecule has 3 aromatic carbocycles. The Morgan fingerprint density at radius 2 is 1.15 bits per heavy atom. The van der Waals surface area contributed by atoms with Crippen LogP contribution in [0.3, 0.4) is 0 Å². The van der Waals surface area contributed by atoms with Crippen molar-refractivity contribution in [2.24, 2.45) is 5.92 Å². The number of carbonyl (C=O) groups is 3. The molecule has 0 atom stereocenters. The fourth-order valence-corrected chi connectivity index (χ4v) is 3.56. The van der Waals surface area contributed by atoms with Crippen LogP contribution in [0.4, 0.5) is 0 Å². The van der Waals surface area contributed by atoms with Gasteiger partial charge in [0.1, 0.15) is 23.0 Å². The van der Waals surface area contributed by atoms with Gasteiger partial charge in [0, 0.05) is 22.3 Å². The highest BCUT2D eigenvalue weighted by molar-refractivity contribution is 5.90. The second-order valence-corrected chi connectivity index (χ2v) is 10.0. The van der Waals surface area contributed by atoms with Crippen molar-refractivity contribution in [1.29, 1.82) is 0 Å². The first kappa shape index (κ1) is 30.9. The average molecular weight is 557 g/mol. The first-order valence-corrected chi connectivity index (χ1v) is 13.5. The number of hydrogen-bond acceptors (Lipinski definition) is 7. The van der Waals surface area contributed by atoms with Crippen LogP contribution in [0.25, 0.3) is 22.3 Å². The van der Waals surface area contributed by atoms with Crippen LogP contribution in [-0.4, -0.2) is 24.5 Å². The van der Waals surface area contributed by atoms with Gasteiger partial charge in [0.25, 0.3) is 0 Å². The Morgan fingerprint density at radius 3 is 1.56 bits per heavy atom. The summed E-state index contributed by atoms with van der Waals surface area (Å²) >= 11 is 0. The van der Waals surface area contributed by atoms with E-state index in [9.17, 15) is 14.4 Å². The molecule has 0 aliphatic carbocycles. The lowest BCUT2D eigenvalue weighted by atomic mass is 9.97. The van der Waals surface area contributed by atoms with E-state index in [0.717, 1.165) is 24.0 Å². The van der Waals surface area contributed by atoms with E-state index in [2.05, 4.69) is 20.1 Å². The quantitative estimate of drug-likeness (QED) is 0.0976. The molecule has 0 heterocycles. The van der Waals surface area contributed by atoms with E-state index in [1.807, 2.05) is 18.2 Å². The zero-order valence-electron chi connectivity index (χ0n) is 24.2. The number of hydrogen-bond donors (Lipinski definition) is 0. The smallest absolute Gasteiger partial charge is 0.338 e. The molecule has 0 bridgehead atoms. The molecule has 3 rings (SSSR count). The molecular weight excluding hydrogens is 520 g/mol. The maximum atomic E-state index is 12.7. The third-order valence-corrected chi connectivity index (χ3v) is 5.97. The van der Waals surface area contributed by atoms with E-state index >= 15 is 0 Å². The van der Waals surface area contributed by atoms with Crippen molar-refractivity contribution in [3.05, 3.63) is 85.0 Å². The molecule has 0 spiro atoms. The first-order valence-electron chi connectivity index (χ1n) is 13.5. The summed E-state index contributed by atoms with van der Waals surface area (Å²) in [7, 11) is 0. The first-order chi connectivity index (χ1) is 19.5. The molecule has 3 aromatic rings. The number of ether oxygens (including phenoxy) is 4. The number of esters is 3. The van der Waals surface area contributed by atoms with Gasteiger partial charge in [-0.2, -0.15) is 0 Å². The fraction of sp³-hybridized carbons (Fsp3) is 0.265. The molecule has 7 heteroatoms. The molecule has 0 fully saturated rings. The fourth-order valence-electron chi connectivity index (χ4n) is 3.56. The predicted octanol–water partition coefficient (Wildman–Crippen LogP) is 7.72. The van der Waals surface area contributed by atoms with Crippen LogP contribution >= 0.6 is 0 Å². The molecule has 0 amide bonds. The summed E-state index contributed by atoms with van der Waals surface area (Å²) in [5, 5.41) is 0. The molecule has 41 heavy (non-hydrogen) atoms. The van der Waals surface area contributed by atoms with E-state index in [1.54, 1.807) is 70.2 Å². The molecular formula is C34H36O7. The maximum Gasteiger partial charge on any atom is 0.338 e. The van der Waals surface area contributed by atoms with Crippen LogP contribution in [-0.2, 0) is 14.4 Å². The summed E-state index contributed by atoms with van der Waals surface area (Å²) < 4.78 is 22.7. The lowest BCUT2D eigenvalue weighted by Gasteiger charge is -2.18. The summed E-state index contributed by atoms with van der Waals surface area (Å²) in [4.78, 5) is 36.6. The van der Waals surface area contributed by atoms with E-state index in [4.69, 9.17) is 18.9 Å². The van der Waals surface area contributed by atoms with E-state index in [-0.39, 0.29) is 11.9 Å². The topological polar surface area (TPSA) is 88.1 Å². The highest BCUT2D eigenvalue weighted by Gasteiger charge is 2.20. The Labute approximate surface area is 241 Å². The van der Waals surface area contributed by atoms with Crippen LogP contribution in [0.15, 0.2) is 85.0 Å². The lowest BCUT2D eigenvalue weighted by molar-refractivity contribution is -0.137. The Balaban J connectivity index is 2.10. The summed E-state index contributed by atoms with van der Waals surface area (Å²) in [6.07, 6.45) is 1.82. The van der Waals surface area contributed by atoms with Crippen LogP contribution in [0.5, 0.6) is 23.0 Å². The van der Waals surface area contributed by atoms with Gasteiger partial charge in [-0.15, -0.1) is 0 Å². The molecule has 0 radical (unpaired) electrons. The summed E-state index contributed by atoms with van der Waals surface area (Å²) in [5.41, 5.74) is 3.46. The second kappa shape index (κ2) is 14.1. The van der Waals surface area contributed by atoms with Crippen molar-refractivity contribution in [2.75, 3.05) is 6.61 Å². The third kappa shape index (κ3) is 8.42. The highest BCUT2D eigenvalue weighted by Crippen LogP contribution is 2.42. The number of carbonyl (C=O) groups excluding carboxylic acids is 3. The Morgan fingerprint density at radius 1 is 0.707 bits per heavy atom. The molecule has 0 saturated heterocycles. The van der Waals surface area contributed by atoms with Gasteiger partial charge in [0.2, 0.25) is 0 Å². The zero-order valence-corrected chi connectivity index (χ0v) is 24.2. The minimum atomic E-state index is -0.513. The van der Waals surface area contributed by atoms with Crippen molar-refractivity contribution >= 4 is 17.9 Å². The molecule has 7 nitrogen and oxygen atoms in total. The monoisotopic (exact) mass is 556 g/mol. The Kier molecular flexibility index (Phi) is 10.6.